The summed E-state index contributed by atoms with van der Waals surface area (Å²) in [4.78, 5) is 21.7. The van der Waals surface area contributed by atoms with Crippen LogP contribution in [0.1, 0.15) is 13.8 Å². The van der Waals surface area contributed by atoms with Crippen LogP contribution in [0.2, 0.25) is 0 Å². The van der Waals surface area contributed by atoms with Gasteiger partial charge in [0.05, 0.1) is 15.8 Å². The van der Waals surface area contributed by atoms with E-state index < -0.39 is 38.2 Å². The average molecular weight is 285 g/mol. The van der Waals surface area contributed by atoms with E-state index in [1.54, 1.807) is 0 Å². The van der Waals surface area contributed by atoms with Gasteiger partial charge in [-0.1, -0.05) is 6.92 Å². The summed E-state index contributed by atoms with van der Waals surface area (Å²) in [6, 6.07) is 1.26. The first-order valence-electron chi connectivity index (χ1n) is 4.51. The zero-order valence-corrected chi connectivity index (χ0v) is 10.3. The Bertz CT molecular complexity index is 528. The largest absolute Gasteiger partial charge is 0.474 e. The third kappa shape index (κ3) is 2.79. The maximum absolute atomic E-state index is 12.1. The lowest BCUT2D eigenvalue weighted by Gasteiger charge is -2.21. The van der Waals surface area contributed by atoms with Crippen LogP contribution in [0.3, 0.4) is 0 Å². The Kier molecular flexibility index (Phi) is 4.48. The van der Waals surface area contributed by atoms with Crippen molar-refractivity contribution in [3.63, 3.8) is 0 Å². The molecule has 6 nitrogen and oxygen atoms in total. The van der Waals surface area contributed by atoms with Crippen molar-refractivity contribution in [2.45, 2.75) is 24.8 Å². The van der Waals surface area contributed by atoms with E-state index in [9.17, 15) is 27.0 Å². The molecule has 0 aromatic heterocycles. The Morgan fingerprint density at radius 1 is 1.44 bits per heavy atom. The van der Waals surface area contributed by atoms with Crippen LogP contribution >= 0.6 is 0 Å². The van der Waals surface area contributed by atoms with E-state index in [0.717, 1.165) is 13.8 Å². The van der Waals surface area contributed by atoms with Gasteiger partial charge in [-0.15, -0.1) is 0 Å². The molecule has 0 aliphatic carbocycles. The molecule has 0 aromatic carbocycles. The molecule has 0 aliphatic heterocycles. The summed E-state index contributed by atoms with van der Waals surface area (Å²) in [6.07, 6.45) is -5.33. The predicted molar refractivity (Wildman–Crippen MR) is 55.4 cm³/mol. The van der Waals surface area contributed by atoms with Crippen molar-refractivity contribution in [1.82, 2.24) is 0 Å². The van der Waals surface area contributed by atoms with Gasteiger partial charge in [-0.25, -0.2) is 4.21 Å². The van der Waals surface area contributed by atoms with E-state index >= 15 is 0 Å². The van der Waals surface area contributed by atoms with E-state index in [1.807, 2.05) is 0 Å². The molecule has 2 unspecified atom stereocenters. The fourth-order valence-electron chi connectivity index (χ4n) is 0.914. The molecule has 10 heteroatoms. The number of primary amides is 1. The van der Waals surface area contributed by atoms with Gasteiger partial charge < -0.3 is 5.73 Å². The number of rotatable bonds is 3. The molecule has 0 aromatic rings. The molecule has 2 amide bonds. The van der Waals surface area contributed by atoms with Crippen molar-refractivity contribution >= 4 is 21.5 Å². The second-order valence-electron chi connectivity index (χ2n) is 3.33. The van der Waals surface area contributed by atoms with Crippen LogP contribution in [0.15, 0.2) is 4.36 Å². The maximum atomic E-state index is 12.1. The molecular weight excluding hydrogens is 275 g/mol. The standard InChI is InChI=1S/C8H10F3N3O3S/c1-3-18(17,7(2,4-12)5(13)15)14-6(16)8(9,10)11/h3H2,1-2H3,(H2,13,15). The topological polar surface area (TPSA) is 113 Å². The fraction of sp³-hybridized carbons (Fsp3) is 0.625. The van der Waals surface area contributed by atoms with Gasteiger partial charge in [0.25, 0.3) is 5.91 Å². The minimum Gasteiger partial charge on any atom is -0.367 e. The highest BCUT2D eigenvalue weighted by atomic mass is 32.2. The highest BCUT2D eigenvalue weighted by Crippen LogP contribution is 2.24. The number of carbonyl (C=O) groups excluding carboxylic acids is 2. The Labute approximate surface area is 101 Å². The summed E-state index contributed by atoms with van der Waals surface area (Å²) in [6.45, 7) is 1.92. The van der Waals surface area contributed by atoms with Gasteiger partial charge in [-0.3, -0.25) is 9.59 Å². The first-order chi connectivity index (χ1) is 7.94. The van der Waals surface area contributed by atoms with Crippen LogP contribution in [0, 0.1) is 11.3 Å². The fourth-order valence-corrected chi connectivity index (χ4v) is 2.63. The molecule has 0 radical (unpaired) electrons. The minimum absolute atomic E-state index is 0.595. The summed E-state index contributed by atoms with van der Waals surface area (Å²) < 4.78 is 48.3. The van der Waals surface area contributed by atoms with Crippen LogP contribution in [-0.2, 0) is 19.3 Å². The van der Waals surface area contributed by atoms with Crippen molar-refractivity contribution in [2.75, 3.05) is 5.75 Å². The number of hydrogen-bond donors (Lipinski definition) is 1. The predicted octanol–water partition coefficient (Wildman–Crippen LogP) is 0.331. The Morgan fingerprint density at radius 3 is 2.11 bits per heavy atom. The highest BCUT2D eigenvalue weighted by Gasteiger charge is 2.46. The molecule has 0 saturated heterocycles. The molecule has 2 atom stereocenters. The SMILES string of the molecule is CCS(=O)(=NC(=O)C(F)(F)F)C(C)(C#N)C(N)=O. The first kappa shape index (κ1) is 16.4. The number of alkyl halides is 3. The van der Waals surface area contributed by atoms with E-state index in [4.69, 9.17) is 11.0 Å². The van der Waals surface area contributed by atoms with Gasteiger partial charge >= 0.3 is 12.1 Å². The number of halogens is 3. The molecule has 0 saturated carbocycles. The summed E-state index contributed by atoms with van der Waals surface area (Å²) in [7, 11) is -4.08. The molecule has 0 heterocycles. The zero-order chi connectivity index (χ0) is 14.8. The molecule has 0 rings (SSSR count). The second-order valence-corrected chi connectivity index (χ2v) is 6.19. The number of nitriles is 1. The lowest BCUT2D eigenvalue weighted by atomic mass is 10.2. The maximum Gasteiger partial charge on any atom is 0.474 e. The van der Waals surface area contributed by atoms with E-state index in [0.29, 0.717) is 0 Å². The van der Waals surface area contributed by atoms with E-state index in [-0.39, 0.29) is 0 Å². The zero-order valence-electron chi connectivity index (χ0n) is 9.45. The molecule has 2 N–H and O–H groups in total. The van der Waals surface area contributed by atoms with Gasteiger partial charge in [0.15, 0.2) is 0 Å². The average Bonchev–Trinajstić information content (AvgIpc) is 2.25. The number of hydrogen-bond acceptors (Lipinski definition) is 4. The molecule has 0 fully saturated rings. The number of nitrogens with zero attached hydrogens (tertiary/aromatic N) is 2. The van der Waals surface area contributed by atoms with Crippen molar-refractivity contribution in [3.05, 3.63) is 0 Å². The van der Waals surface area contributed by atoms with Gasteiger partial charge in [-0.05, 0) is 6.92 Å². The van der Waals surface area contributed by atoms with Crippen molar-refractivity contribution < 1.29 is 27.0 Å². The number of carbonyl (C=O) groups is 2. The summed E-state index contributed by atoms with van der Waals surface area (Å²) >= 11 is 0. The number of nitrogens with two attached hydrogens (primary N) is 1. The van der Waals surface area contributed by atoms with Crippen LogP contribution in [0.4, 0.5) is 13.2 Å². The highest BCUT2D eigenvalue weighted by molar-refractivity contribution is 7.96. The first-order valence-corrected chi connectivity index (χ1v) is 6.19. The van der Waals surface area contributed by atoms with Crippen LogP contribution in [0.5, 0.6) is 0 Å². The van der Waals surface area contributed by atoms with Gasteiger partial charge in [0, 0.05) is 5.75 Å². The third-order valence-electron chi connectivity index (χ3n) is 2.19. The summed E-state index contributed by atoms with van der Waals surface area (Å²) in [5.74, 6) is -4.62. The lowest BCUT2D eigenvalue weighted by Crippen LogP contribution is -2.48. The van der Waals surface area contributed by atoms with Gasteiger partial charge in [0.1, 0.15) is 0 Å². The van der Waals surface area contributed by atoms with Crippen molar-refractivity contribution in [3.8, 4) is 6.07 Å². The Morgan fingerprint density at radius 2 is 1.89 bits per heavy atom. The van der Waals surface area contributed by atoms with Crippen LogP contribution in [0.25, 0.3) is 0 Å². The normalized spacial score (nSPS) is 18.0. The summed E-state index contributed by atoms with van der Waals surface area (Å²) in [5.41, 5.74) is 4.83. The minimum atomic E-state index is -5.33. The summed E-state index contributed by atoms with van der Waals surface area (Å²) in [5, 5.41) is 8.76. The van der Waals surface area contributed by atoms with Crippen molar-refractivity contribution in [2.24, 2.45) is 10.1 Å². The lowest BCUT2D eigenvalue weighted by molar-refractivity contribution is -0.169. The molecule has 18 heavy (non-hydrogen) atoms. The molecule has 0 spiro atoms. The van der Waals surface area contributed by atoms with E-state index in [1.165, 1.54) is 6.07 Å². The smallest absolute Gasteiger partial charge is 0.367 e. The molecule has 0 aliphatic rings. The number of amides is 2. The Hall–Kier alpha value is -1.63. The molecular formula is C8H10F3N3O3S. The van der Waals surface area contributed by atoms with Crippen LogP contribution in [-0.4, -0.2) is 32.7 Å². The van der Waals surface area contributed by atoms with Gasteiger partial charge in [-0.2, -0.15) is 22.8 Å². The van der Waals surface area contributed by atoms with Crippen LogP contribution < -0.4 is 5.73 Å². The molecule has 102 valence electrons. The quantitative estimate of drug-likeness (QED) is 0.804. The second kappa shape index (κ2) is 4.93. The van der Waals surface area contributed by atoms with Gasteiger partial charge in [0.2, 0.25) is 4.75 Å². The Balaban J connectivity index is 6.06. The monoisotopic (exact) mass is 285 g/mol. The van der Waals surface area contributed by atoms with E-state index in [2.05, 4.69) is 4.36 Å². The molecule has 0 bridgehead atoms. The third-order valence-corrected chi connectivity index (χ3v) is 5.00. The van der Waals surface area contributed by atoms with Crippen molar-refractivity contribution in [1.29, 1.82) is 5.26 Å².